The number of carbonyl (C=O) groups excluding carboxylic acids is 1. The van der Waals surface area contributed by atoms with Crippen LogP contribution >= 0.6 is 11.3 Å². The number of rotatable bonds is 7. The molecule has 1 aromatic heterocycles. The Labute approximate surface area is 153 Å². The van der Waals surface area contributed by atoms with Gasteiger partial charge in [0.15, 0.2) is 5.13 Å². The smallest absolute Gasteiger partial charge is 0.222 e. The van der Waals surface area contributed by atoms with E-state index in [1.807, 2.05) is 5.38 Å². The number of amides is 1. The average Bonchev–Trinajstić information content (AvgIpc) is 3.09. The summed E-state index contributed by atoms with van der Waals surface area (Å²) in [5.41, 5.74) is 7.86. The SMILES string of the molecule is NC(=O)C(CNc1nc(-c2ccc(F)cc2)cs1)Cc1ccc(F)cc1. The lowest BCUT2D eigenvalue weighted by molar-refractivity contribution is -0.121. The number of primary amides is 1. The van der Waals surface area contributed by atoms with Crippen molar-refractivity contribution >= 4 is 22.4 Å². The van der Waals surface area contributed by atoms with Crippen LogP contribution in [0.2, 0.25) is 0 Å². The first-order chi connectivity index (χ1) is 12.5. The van der Waals surface area contributed by atoms with E-state index >= 15 is 0 Å². The highest BCUT2D eigenvalue weighted by atomic mass is 32.1. The lowest BCUT2D eigenvalue weighted by Gasteiger charge is -2.14. The van der Waals surface area contributed by atoms with E-state index in [1.54, 1.807) is 24.3 Å². The Bertz CT molecular complexity index is 879. The van der Waals surface area contributed by atoms with Gasteiger partial charge in [-0.25, -0.2) is 13.8 Å². The monoisotopic (exact) mass is 373 g/mol. The van der Waals surface area contributed by atoms with Crippen LogP contribution in [0, 0.1) is 17.6 Å². The first-order valence-electron chi connectivity index (χ1n) is 8.00. The van der Waals surface area contributed by atoms with Gasteiger partial charge in [0, 0.05) is 17.5 Å². The quantitative estimate of drug-likeness (QED) is 0.661. The van der Waals surface area contributed by atoms with E-state index in [2.05, 4.69) is 10.3 Å². The molecule has 4 nitrogen and oxygen atoms in total. The third-order valence-electron chi connectivity index (χ3n) is 3.94. The van der Waals surface area contributed by atoms with E-state index in [9.17, 15) is 13.6 Å². The van der Waals surface area contributed by atoms with Crippen LogP contribution in [0.3, 0.4) is 0 Å². The van der Waals surface area contributed by atoms with E-state index in [0.29, 0.717) is 18.1 Å². The summed E-state index contributed by atoms with van der Waals surface area (Å²) < 4.78 is 26.0. The highest BCUT2D eigenvalue weighted by Gasteiger charge is 2.17. The molecule has 1 amide bonds. The maximum Gasteiger partial charge on any atom is 0.222 e. The Morgan fingerprint density at radius 2 is 1.69 bits per heavy atom. The number of carbonyl (C=O) groups is 1. The van der Waals surface area contributed by atoms with Crippen LogP contribution in [-0.2, 0) is 11.2 Å². The van der Waals surface area contributed by atoms with Crippen molar-refractivity contribution in [2.45, 2.75) is 6.42 Å². The van der Waals surface area contributed by atoms with Crippen molar-refractivity contribution in [1.82, 2.24) is 4.98 Å². The van der Waals surface area contributed by atoms with Gasteiger partial charge in [-0.2, -0.15) is 0 Å². The zero-order chi connectivity index (χ0) is 18.5. The van der Waals surface area contributed by atoms with Crippen molar-refractivity contribution in [2.24, 2.45) is 11.7 Å². The number of nitrogens with one attached hydrogen (secondary N) is 1. The second-order valence-corrected chi connectivity index (χ2v) is 6.71. The molecule has 3 N–H and O–H groups in total. The molecule has 3 rings (SSSR count). The molecule has 134 valence electrons. The molecule has 2 aromatic carbocycles. The maximum atomic E-state index is 13.0. The highest BCUT2D eigenvalue weighted by molar-refractivity contribution is 7.14. The zero-order valence-electron chi connectivity index (χ0n) is 13.8. The standard InChI is InChI=1S/C19H17F2N3OS/c20-15-5-1-12(2-6-15)9-14(18(22)25)10-23-19-24-17(11-26-19)13-3-7-16(21)8-4-13/h1-8,11,14H,9-10H2,(H2,22,25)(H,23,24). The zero-order valence-corrected chi connectivity index (χ0v) is 14.6. The molecule has 3 aromatic rings. The van der Waals surface area contributed by atoms with Gasteiger partial charge in [-0.3, -0.25) is 4.79 Å². The number of hydrogen-bond donors (Lipinski definition) is 2. The minimum absolute atomic E-state index is 0.299. The lowest BCUT2D eigenvalue weighted by Crippen LogP contribution is -2.31. The molecule has 0 aliphatic heterocycles. The predicted molar refractivity (Wildman–Crippen MR) is 98.8 cm³/mol. The number of nitrogens with two attached hydrogens (primary N) is 1. The molecule has 7 heteroatoms. The Hall–Kier alpha value is -2.80. The summed E-state index contributed by atoms with van der Waals surface area (Å²) in [4.78, 5) is 16.1. The molecule has 26 heavy (non-hydrogen) atoms. The van der Waals surface area contributed by atoms with Gasteiger partial charge in [-0.05, 0) is 48.4 Å². The van der Waals surface area contributed by atoms with Gasteiger partial charge < -0.3 is 11.1 Å². The summed E-state index contributed by atoms with van der Waals surface area (Å²) in [5.74, 6) is -1.50. The molecule has 1 heterocycles. The number of aromatic nitrogens is 1. The topological polar surface area (TPSA) is 68.0 Å². The number of hydrogen-bond acceptors (Lipinski definition) is 4. The van der Waals surface area contributed by atoms with Crippen LogP contribution in [0.25, 0.3) is 11.3 Å². The van der Waals surface area contributed by atoms with Crippen molar-refractivity contribution < 1.29 is 13.6 Å². The fraction of sp³-hybridized carbons (Fsp3) is 0.158. The van der Waals surface area contributed by atoms with Crippen LogP contribution in [0.4, 0.5) is 13.9 Å². The van der Waals surface area contributed by atoms with Crippen LogP contribution in [-0.4, -0.2) is 17.4 Å². The summed E-state index contributed by atoms with van der Waals surface area (Å²) >= 11 is 1.39. The molecule has 0 bridgehead atoms. The molecule has 0 radical (unpaired) electrons. The minimum atomic E-state index is -0.446. The summed E-state index contributed by atoms with van der Waals surface area (Å²) in [6, 6.07) is 12.1. The van der Waals surface area contributed by atoms with Crippen LogP contribution in [0.5, 0.6) is 0 Å². The largest absolute Gasteiger partial charge is 0.369 e. The summed E-state index contributed by atoms with van der Waals surface area (Å²) in [6.07, 6.45) is 0.415. The predicted octanol–water partition coefficient (Wildman–Crippen LogP) is 3.84. The van der Waals surface area contributed by atoms with E-state index in [0.717, 1.165) is 16.8 Å². The van der Waals surface area contributed by atoms with Gasteiger partial charge in [0.1, 0.15) is 11.6 Å². The molecule has 0 spiro atoms. The number of anilines is 1. The summed E-state index contributed by atoms with van der Waals surface area (Å²) in [7, 11) is 0. The first kappa shape index (κ1) is 18.0. The number of thiazole rings is 1. The van der Waals surface area contributed by atoms with E-state index < -0.39 is 11.8 Å². The minimum Gasteiger partial charge on any atom is -0.369 e. The highest BCUT2D eigenvalue weighted by Crippen LogP contribution is 2.25. The van der Waals surface area contributed by atoms with Gasteiger partial charge in [0.05, 0.1) is 11.6 Å². The number of benzene rings is 2. The Morgan fingerprint density at radius 3 is 2.31 bits per heavy atom. The molecule has 1 unspecified atom stereocenters. The number of halogens is 2. The molecule has 0 fully saturated rings. The molecule has 0 saturated heterocycles. The van der Waals surface area contributed by atoms with E-state index in [1.165, 1.54) is 35.6 Å². The maximum absolute atomic E-state index is 13.0. The summed E-state index contributed by atoms with van der Waals surface area (Å²) in [5, 5.41) is 5.62. The second-order valence-electron chi connectivity index (χ2n) is 5.86. The molecule has 0 aliphatic carbocycles. The van der Waals surface area contributed by atoms with Crippen molar-refractivity contribution in [3.8, 4) is 11.3 Å². The van der Waals surface area contributed by atoms with Crippen molar-refractivity contribution in [3.63, 3.8) is 0 Å². The fourth-order valence-electron chi connectivity index (χ4n) is 2.50. The summed E-state index contributed by atoms with van der Waals surface area (Å²) in [6.45, 7) is 0.323. The van der Waals surface area contributed by atoms with E-state index in [-0.39, 0.29) is 11.6 Å². The lowest BCUT2D eigenvalue weighted by atomic mass is 9.99. The normalized spacial score (nSPS) is 11.9. The van der Waals surface area contributed by atoms with E-state index in [4.69, 9.17) is 5.73 Å². The molecule has 1 atom stereocenters. The van der Waals surface area contributed by atoms with Crippen molar-refractivity contribution in [1.29, 1.82) is 0 Å². The van der Waals surface area contributed by atoms with Crippen molar-refractivity contribution in [3.05, 3.63) is 71.1 Å². The molecule has 0 saturated carbocycles. The average molecular weight is 373 g/mol. The van der Waals surface area contributed by atoms with Gasteiger partial charge in [0.2, 0.25) is 5.91 Å². The number of nitrogens with zero attached hydrogens (tertiary/aromatic N) is 1. The second kappa shape index (κ2) is 8.05. The molecular weight excluding hydrogens is 356 g/mol. The third-order valence-corrected chi connectivity index (χ3v) is 4.74. The molecule has 0 aliphatic rings. The first-order valence-corrected chi connectivity index (χ1v) is 8.88. The Kier molecular flexibility index (Phi) is 5.58. The van der Waals surface area contributed by atoms with Crippen molar-refractivity contribution in [2.75, 3.05) is 11.9 Å². The van der Waals surface area contributed by atoms with Gasteiger partial charge in [-0.15, -0.1) is 11.3 Å². The van der Waals surface area contributed by atoms with Gasteiger partial charge in [-0.1, -0.05) is 12.1 Å². The van der Waals surface area contributed by atoms with Crippen LogP contribution in [0.15, 0.2) is 53.9 Å². The van der Waals surface area contributed by atoms with Gasteiger partial charge >= 0.3 is 0 Å². The molecular formula is C19H17F2N3OS. The Morgan fingerprint density at radius 1 is 1.08 bits per heavy atom. The van der Waals surface area contributed by atoms with Crippen LogP contribution < -0.4 is 11.1 Å². The third kappa shape index (κ3) is 4.64. The van der Waals surface area contributed by atoms with Gasteiger partial charge in [0.25, 0.3) is 0 Å². The Balaban J connectivity index is 1.63. The fourth-order valence-corrected chi connectivity index (χ4v) is 3.23. The van der Waals surface area contributed by atoms with Crippen LogP contribution in [0.1, 0.15) is 5.56 Å².